The highest BCUT2D eigenvalue weighted by Gasteiger charge is 2.23. The van der Waals surface area contributed by atoms with E-state index in [1.807, 2.05) is 13.8 Å². The minimum atomic E-state index is -2.17. The average molecular weight is 485 g/mol. The smallest absolute Gasteiger partial charge is 0.324 e. The molecule has 1 amide bonds. The van der Waals surface area contributed by atoms with Crippen molar-refractivity contribution in [3.63, 3.8) is 0 Å². The Kier molecular flexibility index (Phi) is 13.5. The molecular weight excluding hydrogens is 456 g/mol. The molecule has 0 aromatic heterocycles. The van der Waals surface area contributed by atoms with Crippen LogP contribution >= 0.6 is 23.2 Å². The number of alkyl halides is 3. The first-order chi connectivity index (χ1) is 14.3. The summed E-state index contributed by atoms with van der Waals surface area (Å²) in [4.78, 5) is 23.8. The summed E-state index contributed by atoms with van der Waals surface area (Å²) in [5, 5.41) is 4.42. The number of hydrazone groups is 1. The van der Waals surface area contributed by atoms with Crippen LogP contribution in [0.2, 0.25) is 5.02 Å². The minimum absolute atomic E-state index is 0.0340. The van der Waals surface area contributed by atoms with Crippen LogP contribution in [-0.2, 0) is 20.7 Å². The number of benzene rings is 1. The van der Waals surface area contributed by atoms with Gasteiger partial charge in [-0.1, -0.05) is 25.4 Å². The minimum Gasteiger partial charge on any atom is -0.465 e. The number of rotatable bonds is 8. The number of nitrogens with zero attached hydrogens (tertiary/aromatic N) is 2. The average Bonchev–Trinajstić information content (AvgIpc) is 2.67. The second kappa shape index (κ2) is 14.3. The maximum Gasteiger partial charge on any atom is 0.324 e. The quantitative estimate of drug-likeness (QED) is 0.190. The van der Waals surface area contributed by atoms with Crippen LogP contribution in [0.4, 0.5) is 18.9 Å². The predicted molar refractivity (Wildman–Crippen MR) is 119 cm³/mol. The standard InChI is InChI=1S/C19H25Cl2FN2O3.C2H4F2/c1-6-11(3)12(4)23-24(13(5)25)18-9-14(15(20)10-17(18)22)8-16(21)19(26)27-7-2;1-2(3)4/h9-11,16H,6-8H2,1-5H3;2H,1H3/b23-12-;. The number of esters is 1. The Morgan fingerprint density at radius 1 is 1.19 bits per heavy atom. The van der Waals surface area contributed by atoms with Crippen molar-refractivity contribution >= 4 is 46.5 Å². The van der Waals surface area contributed by atoms with E-state index in [1.165, 1.54) is 13.0 Å². The molecule has 1 rings (SSSR count). The van der Waals surface area contributed by atoms with Crippen molar-refractivity contribution in [1.82, 2.24) is 0 Å². The normalized spacial score (nSPS) is 13.2. The molecule has 31 heavy (non-hydrogen) atoms. The fourth-order valence-electron chi connectivity index (χ4n) is 2.25. The van der Waals surface area contributed by atoms with Gasteiger partial charge >= 0.3 is 5.97 Å². The second-order valence-electron chi connectivity index (χ2n) is 6.72. The molecule has 0 aliphatic heterocycles. The van der Waals surface area contributed by atoms with Gasteiger partial charge in [0.25, 0.3) is 0 Å². The highest BCUT2D eigenvalue weighted by Crippen LogP contribution is 2.29. The summed E-state index contributed by atoms with van der Waals surface area (Å²) in [5.74, 6) is -1.59. The lowest BCUT2D eigenvalue weighted by Gasteiger charge is -2.20. The van der Waals surface area contributed by atoms with Gasteiger partial charge in [0.15, 0.2) is 0 Å². The summed E-state index contributed by atoms with van der Waals surface area (Å²) in [5.41, 5.74) is 1.08. The molecule has 0 aliphatic carbocycles. The van der Waals surface area contributed by atoms with Gasteiger partial charge in [0.2, 0.25) is 12.3 Å². The molecule has 0 heterocycles. The highest BCUT2D eigenvalue weighted by molar-refractivity contribution is 6.32. The first kappa shape index (κ1) is 29.2. The fourth-order valence-corrected chi connectivity index (χ4v) is 2.71. The lowest BCUT2D eigenvalue weighted by atomic mass is 10.0. The van der Waals surface area contributed by atoms with Crippen molar-refractivity contribution in [3.05, 3.63) is 28.5 Å². The lowest BCUT2D eigenvalue weighted by molar-refractivity contribution is -0.142. The Morgan fingerprint density at radius 2 is 1.74 bits per heavy atom. The van der Waals surface area contributed by atoms with Gasteiger partial charge in [0.05, 0.1) is 6.61 Å². The largest absolute Gasteiger partial charge is 0.465 e. The summed E-state index contributed by atoms with van der Waals surface area (Å²) in [6.07, 6.45) is -1.30. The van der Waals surface area contributed by atoms with Gasteiger partial charge in [0.1, 0.15) is 16.9 Å². The summed E-state index contributed by atoms with van der Waals surface area (Å²) in [7, 11) is 0. The molecule has 176 valence electrons. The summed E-state index contributed by atoms with van der Waals surface area (Å²) in [6, 6.07) is 2.48. The van der Waals surface area contributed by atoms with E-state index in [1.54, 1.807) is 13.8 Å². The van der Waals surface area contributed by atoms with Gasteiger partial charge in [-0.3, -0.25) is 9.59 Å². The van der Waals surface area contributed by atoms with Crippen LogP contribution in [-0.4, -0.2) is 36.0 Å². The van der Waals surface area contributed by atoms with Gasteiger partial charge < -0.3 is 4.74 Å². The molecular formula is C21H29Cl2F3N2O3. The first-order valence-electron chi connectivity index (χ1n) is 9.78. The van der Waals surface area contributed by atoms with Gasteiger partial charge in [-0.2, -0.15) is 10.1 Å². The van der Waals surface area contributed by atoms with Crippen LogP contribution in [0, 0.1) is 11.7 Å². The maximum absolute atomic E-state index is 14.5. The first-order valence-corrected chi connectivity index (χ1v) is 10.6. The molecule has 1 aromatic rings. The summed E-state index contributed by atoms with van der Waals surface area (Å²) >= 11 is 12.2. The molecule has 2 unspecified atom stereocenters. The number of hydrogen-bond acceptors (Lipinski definition) is 4. The van der Waals surface area contributed by atoms with Crippen molar-refractivity contribution in [2.75, 3.05) is 11.6 Å². The Labute approximate surface area is 191 Å². The molecule has 2 atom stereocenters. The van der Waals surface area contributed by atoms with Gasteiger partial charge in [-0.05, 0) is 50.8 Å². The van der Waals surface area contributed by atoms with E-state index in [9.17, 15) is 22.8 Å². The SMILES string of the molecule is CC(F)F.CCOC(=O)C(Cl)Cc1cc(N(/N=C(/C)C(C)CC)C(C)=O)c(F)cc1Cl. The monoisotopic (exact) mass is 484 g/mol. The van der Waals surface area contributed by atoms with Crippen molar-refractivity contribution < 1.29 is 27.5 Å². The third kappa shape index (κ3) is 10.4. The molecule has 0 N–H and O–H groups in total. The van der Waals surface area contributed by atoms with Gasteiger partial charge in [0, 0.05) is 24.1 Å². The molecule has 10 heteroatoms. The number of carbonyl (C=O) groups excluding carboxylic acids is 2. The molecule has 1 aromatic carbocycles. The molecule has 0 bridgehead atoms. The maximum atomic E-state index is 14.5. The van der Waals surface area contributed by atoms with Crippen LogP contribution in [0.25, 0.3) is 0 Å². The third-order valence-electron chi connectivity index (χ3n) is 4.17. The zero-order chi connectivity index (χ0) is 24.3. The van der Waals surface area contributed by atoms with Crippen molar-refractivity contribution in [3.8, 4) is 0 Å². The van der Waals surface area contributed by atoms with E-state index in [0.717, 1.165) is 24.4 Å². The molecule has 0 saturated heterocycles. The van der Waals surface area contributed by atoms with Crippen LogP contribution in [0.3, 0.4) is 0 Å². The molecule has 0 saturated carbocycles. The Morgan fingerprint density at radius 3 is 2.19 bits per heavy atom. The predicted octanol–water partition coefficient (Wildman–Crippen LogP) is 6.24. The van der Waals surface area contributed by atoms with Gasteiger partial charge in [-0.15, -0.1) is 11.6 Å². The number of amides is 1. The van der Waals surface area contributed by atoms with E-state index >= 15 is 0 Å². The van der Waals surface area contributed by atoms with E-state index in [0.29, 0.717) is 11.3 Å². The van der Waals surface area contributed by atoms with Crippen molar-refractivity contribution in [2.45, 2.75) is 66.2 Å². The van der Waals surface area contributed by atoms with E-state index in [4.69, 9.17) is 27.9 Å². The van der Waals surface area contributed by atoms with Crippen LogP contribution in [0.1, 0.15) is 53.5 Å². The number of carbonyl (C=O) groups is 2. The van der Waals surface area contributed by atoms with E-state index in [2.05, 4.69) is 5.10 Å². The molecule has 0 radical (unpaired) electrons. The topological polar surface area (TPSA) is 59.0 Å². The lowest BCUT2D eigenvalue weighted by Crippen LogP contribution is -2.26. The number of anilines is 1. The number of ether oxygens (including phenoxy) is 1. The highest BCUT2D eigenvalue weighted by atomic mass is 35.5. The number of halogens is 5. The van der Waals surface area contributed by atoms with Crippen molar-refractivity contribution in [2.24, 2.45) is 11.0 Å². The number of hydrogen-bond donors (Lipinski definition) is 0. The molecule has 0 spiro atoms. The molecule has 0 fully saturated rings. The van der Waals surface area contributed by atoms with Crippen molar-refractivity contribution in [1.29, 1.82) is 0 Å². The van der Waals surface area contributed by atoms with E-state index in [-0.39, 0.29) is 29.7 Å². The Balaban J connectivity index is 0.00000206. The van der Waals surface area contributed by atoms with E-state index < -0.39 is 29.5 Å². The molecule has 0 aliphatic rings. The van der Waals surface area contributed by atoms with Crippen LogP contribution in [0.15, 0.2) is 17.2 Å². The molecule has 5 nitrogen and oxygen atoms in total. The summed E-state index contributed by atoms with van der Waals surface area (Å²) < 4.78 is 40.1. The Hall–Kier alpha value is -1.80. The van der Waals surface area contributed by atoms with Gasteiger partial charge in [-0.25, -0.2) is 13.2 Å². The second-order valence-corrected chi connectivity index (χ2v) is 7.65. The van der Waals surface area contributed by atoms with Crippen LogP contribution < -0.4 is 5.01 Å². The zero-order valence-corrected chi connectivity index (χ0v) is 20.0. The fraction of sp³-hybridized carbons (Fsp3) is 0.571. The summed E-state index contributed by atoms with van der Waals surface area (Å²) in [6.45, 7) is 9.76. The zero-order valence-electron chi connectivity index (χ0n) is 18.5. The third-order valence-corrected chi connectivity index (χ3v) is 4.85. The van der Waals surface area contributed by atoms with Crippen LogP contribution in [0.5, 0.6) is 0 Å². The Bertz CT molecular complexity index is 774.